The molecule has 1 saturated heterocycles. The molecule has 0 amide bonds. The molecular formula is C16H26N4O. The first-order valence-electron chi connectivity index (χ1n) is 7.49. The molecule has 1 aliphatic rings. The molecule has 1 aromatic carbocycles. The van der Waals surface area contributed by atoms with Crippen molar-refractivity contribution in [2.24, 2.45) is 16.8 Å². The zero-order chi connectivity index (χ0) is 15.4. The first-order chi connectivity index (χ1) is 10.0. The van der Waals surface area contributed by atoms with Gasteiger partial charge >= 0.3 is 0 Å². The summed E-state index contributed by atoms with van der Waals surface area (Å²) < 4.78 is 0. The van der Waals surface area contributed by atoms with E-state index in [2.05, 4.69) is 41.2 Å². The average Bonchev–Trinajstić information content (AvgIpc) is 2.47. The fourth-order valence-electron chi connectivity index (χ4n) is 3.06. The van der Waals surface area contributed by atoms with Crippen molar-refractivity contribution in [2.45, 2.75) is 19.8 Å². The third-order valence-corrected chi connectivity index (χ3v) is 4.11. The number of hydrogen-bond donors (Lipinski definition) is 2. The van der Waals surface area contributed by atoms with Crippen molar-refractivity contribution in [1.82, 2.24) is 4.90 Å². The fourth-order valence-corrected chi connectivity index (χ4v) is 3.06. The molecule has 2 rings (SSSR count). The summed E-state index contributed by atoms with van der Waals surface area (Å²) in [6, 6.07) is 6.14. The second-order valence-corrected chi connectivity index (χ2v) is 6.20. The summed E-state index contributed by atoms with van der Waals surface area (Å²) in [5.41, 5.74) is 8.84. The lowest BCUT2D eigenvalue weighted by molar-refractivity contribution is 0.285. The standard InChI is InChI=1S/C16H26N4O/c1-12-4-5-15(14(10-12)16(17)18-21)20-8-6-13(7-9-20)11-19(2)3/h4-5,10,13,21H,6-9,11H2,1-3H3,(H2,17,18). The van der Waals surface area contributed by atoms with Gasteiger partial charge in [0, 0.05) is 30.9 Å². The van der Waals surface area contributed by atoms with Gasteiger partial charge in [-0.1, -0.05) is 16.8 Å². The van der Waals surface area contributed by atoms with Crippen LogP contribution in [0.25, 0.3) is 0 Å². The van der Waals surface area contributed by atoms with E-state index in [1.807, 2.05) is 13.0 Å². The molecule has 21 heavy (non-hydrogen) atoms. The Bertz CT molecular complexity index is 505. The SMILES string of the molecule is Cc1ccc(N2CCC(CN(C)C)CC2)c(/C(N)=N/O)c1. The number of oxime groups is 1. The second kappa shape index (κ2) is 6.80. The van der Waals surface area contributed by atoms with Crippen molar-refractivity contribution in [1.29, 1.82) is 0 Å². The molecule has 1 aliphatic heterocycles. The lowest BCUT2D eigenvalue weighted by Gasteiger charge is -2.35. The van der Waals surface area contributed by atoms with Crippen LogP contribution in [0.1, 0.15) is 24.0 Å². The van der Waals surface area contributed by atoms with Crippen LogP contribution in [0, 0.1) is 12.8 Å². The largest absolute Gasteiger partial charge is 0.409 e. The Labute approximate surface area is 127 Å². The highest BCUT2D eigenvalue weighted by molar-refractivity contribution is 6.02. The van der Waals surface area contributed by atoms with Gasteiger partial charge in [0.1, 0.15) is 0 Å². The van der Waals surface area contributed by atoms with E-state index in [-0.39, 0.29) is 5.84 Å². The van der Waals surface area contributed by atoms with Crippen molar-refractivity contribution in [2.75, 3.05) is 38.6 Å². The van der Waals surface area contributed by atoms with Crippen LogP contribution in [0.15, 0.2) is 23.4 Å². The van der Waals surface area contributed by atoms with Gasteiger partial charge in [-0.05, 0) is 51.9 Å². The maximum atomic E-state index is 8.98. The zero-order valence-corrected chi connectivity index (χ0v) is 13.2. The molecule has 1 heterocycles. The molecule has 3 N–H and O–H groups in total. The third-order valence-electron chi connectivity index (χ3n) is 4.11. The number of benzene rings is 1. The van der Waals surface area contributed by atoms with Gasteiger partial charge in [-0.3, -0.25) is 0 Å². The highest BCUT2D eigenvalue weighted by Crippen LogP contribution is 2.27. The molecule has 1 aromatic rings. The van der Waals surface area contributed by atoms with Crippen LogP contribution in [0.2, 0.25) is 0 Å². The number of nitrogens with two attached hydrogens (primary N) is 1. The number of nitrogens with zero attached hydrogens (tertiary/aromatic N) is 3. The maximum absolute atomic E-state index is 8.98. The lowest BCUT2D eigenvalue weighted by Crippen LogP contribution is -2.38. The third kappa shape index (κ3) is 3.88. The summed E-state index contributed by atoms with van der Waals surface area (Å²) in [6.45, 7) is 5.20. The number of piperidine rings is 1. The monoisotopic (exact) mass is 290 g/mol. The Balaban J connectivity index is 2.13. The minimum Gasteiger partial charge on any atom is -0.409 e. The molecule has 0 atom stereocenters. The number of anilines is 1. The van der Waals surface area contributed by atoms with Gasteiger partial charge < -0.3 is 20.7 Å². The predicted octanol–water partition coefficient (Wildman–Crippen LogP) is 1.87. The molecule has 5 nitrogen and oxygen atoms in total. The smallest absolute Gasteiger partial charge is 0.172 e. The summed E-state index contributed by atoms with van der Waals surface area (Å²) in [7, 11) is 4.26. The lowest BCUT2D eigenvalue weighted by atomic mass is 9.95. The number of aryl methyl sites for hydroxylation is 1. The van der Waals surface area contributed by atoms with Crippen LogP contribution in [-0.4, -0.2) is 49.7 Å². The van der Waals surface area contributed by atoms with Crippen molar-refractivity contribution < 1.29 is 5.21 Å². The van der Waals surface area contributed by atoms with Gasteiger partial charge in [0.25, 0.3) is 0 Å². The van der Waals surface area contributed by atoms with E-state index in [1.54, 1.807) is 0 Å². The Kier molecular flexibility index (Phi) is 5.07. The van der Waals surface area contributed by atoms with E-state index in [9.17, 15) is 0 Å². The van der Waals surface area contributed by atoms with Gasteiger partial charge in [-0.2, -0.15) is 0 Å². The van der Waals surface area contributed by atoms with E-state index in [1.165, 1.54) is 12.8 Å². The summed E-state index contributed by atoms with van der Waals surface area (Å²) in [4.78, 5) is 4.60. The Morgan fingerprint density at radius 1 is 1.38 bits per heavy atom. The molecular weight excluding hydrogens is 264 g/mol. The van der Waals surface area contributed by atoms with E-state index in [4.69, 9.17) is 10.9 Å². The van der Waals surface area contributed by atoms with Gasteiger partial charge in [0.05, 0.1) is 0 Å². The van der Waals surface area contributed by atoms with Crippen LogP contribution >= 0.6 is 0 Å². The average molecular weight is 290 g/mol. The first kappa shape index (κ1) is 15.6. The van der Waals surface area contributed by atoms with E-state index in [0.717, 1.165) is 42.4 Å². The molecule has 116 valence electrons. The molecule has 0 saturated carbocycles. The molecule has 1 fully saturated rings. The first-order valence-corrected chi connectivity index (χ1v) is 7.49. The van der Waals surface area contributed by atoms with E-state index >= 15 is 0 Å². The molecule has 0 aromatic heterocycles. The minimum absolute atomic E-state index is 0.184. The van der Waals surface area contributed by atoms with E-state index in [0.29, 0.717) is 0 Å². The van der Waals surface area contributed by atoms with Crippen LogP contribution in [0.5, 0.6) is 0 Å². The van der Waals surface area contributed by atoms with Crippen molar-refractivity contribution in [3.8, 4) is 0 Å². The van der Waals surface area contributed by atoms with Crippen molar-refractivity contribution >= 4 is 11.5 Å². The second-order valence-electron chi connectivity index (χ2n) is 6.20. The van der Waals surface area contributed by atoms with E-state index < -0.39 is 0 Å². The molecule has 0 radical (unpaired) electrons. The number of amidine groups is 1. The fraction of sp³-hybridized carbons (Fsp3) is 0.562. The molecule has 5 heteroatoms. The van der Waals surface area contributed by atoms with Gasteiger partial charge in [-0.25, -0.2) is 0 Å². The predicted molar refractivity (Wildman–Crippen MR) is 87.2 cm³/mol. The molecule has 0 aliphatic carbocycles. The Morgan fingerprint density at radius 3 is 2.62 bits per heavy atom. The van der Waals surface area contributed by atoms with Gasteiger partial charge in [0.15, 0.2) is 5.84 Å². The van der Waals surface area contributed by atoms with Crippen LogP contribution < -0.4 is 10.6 Å². The van der Waals surface area contributed by atoms with Crippen LogP contribution in [0.4, 0.5) is 5.69 Å². The van der Waals surface area contributed by atoms with Crippen LogP contribution in [0.3, 0.4) is 0 Å². The summed E-state index contributed by atoms with van der Waals surface area (Å²) in [5, 5.41) is 12.2. The summed E-state index contributed by atoms with van der Waals surface area (Å²) in [6.07, 6.45) is 2.36. The summed E-state index contributed by atoms with van der Waals surface area (Å²) >= 11 is 0. The quantitative estimate of drug-likeness (QED) is 0.384. The highest BCUT2D eigenvalue weighted by atomic mass is 16.4. The molecule has 0 spiro atoms. The minimum atomic E-state index is 0.184. The highest BCUT2D eigenvalue weighted by Gasteiger charge is 2.22. The maximum Gasteiger partial charge on any atom is 0.172 e. The topological polar surface area (TPSA) is 65.1 Å². The number of hydrogen-bond acceptors (Lipinski definition) is 4. The number of rotatable bonds is 4. The van der Waals surface area contributed by atoms with Gasteiger partial charge in [0.2, 0.25) is 0 Å². The molecule has 0 unspecified atom stereocenters. The normalized spacial score (nSPS) is 17.5. The van der Waals surface area contributed by atoms with Gasteiger partial charge in [-0.15, -0.1) is 0 Å². The van der Waals surface area contributed by atoms with Crippen molar-refractivity contribution in [3.05, 3.63) is 29.3 Å². The van der Waals surface area contributed by atoms with Crippen molar-refractivity contribution in [3.63, 3.8) is 0 Å². The van der Waals surface area contributed by atoms with Crippen LogP contribution in [-0.2, 0) is 0 Å². The Hall–Kier alpha value is -1.75. The Morgan fingerprint density at radius 2 is 2.05 bits per heavy atom. The molecule has 0 bridgehead atoms. The zero-order valence-electron chi connectivity index (χ0n) is 13.2. The summed E-state index contributed by atoms with van der Waals surface area (Å²) in [5.74, 6) is 0.943.